The summed E-state index contributed by atoms with van der Waals surface area (Å²) in [7, 11) is 1.37. The number of azide groups is 1. The number of thiazole rings is 1. The first kappa shape index (κ1) is 45.3. The smallest absolute Gasteiger partial charge is 0.500 e. The fraction of sp³-hybridized carbons (Fsp3) is 0.657. The van der Waals surface area contributed by atoms with Gasteiger partial charge in [-0.2, -0.15) is 0 Å². The van der Waals surface area contributed by atoms with E-state index in [0.29, 0.717) is 25.7 Å². The van der Waals surface area contributed by atoms with E-state index in [2.05, 4.69) is 15.0 Å². The second-order valence-electron chi connectivity index (χ2n) is 13.8. The number of esters is 1. The number of ether oxygens (including phenoxy) is 4. The Kier molecular flexibility index (Phi) is 18.4. The van der Waals surface area contributed by atoms with Crippen molar-refractivity contribution in [1.29, 1.82) is 0 Å². The Balaban J connectivity index is 3.14. The molecular weight excluding hydrogens is 727 g/mol. The van der Waals surface area contributed by atoms with Crippen LogP contribution in [0.1, 0.15) is 98.7 Å². The summed E-state index contributed by atoms with van der Waals surface area (Å²) in [6.07, 6.45) is 5.65. The maximum absolute atomic E-state index is 14.0. The van der Waals surface area contributed by atoms with Gasteiger partial charge in [0.15, 0.2) is 5.78 Å². The van der Waals surface area contributed by atoms with Crippen LogP contribution in [0.4, 0.5) is 4.79 Å². The van der Waals surface area contributed by atoms with Crippen LogP contribution in [0, 0.1) is 24.2 Å². The van der Waals surface area contributed by atoms with Crippen LogP contribution >= 0.6 is 46.1 Å². The molecule has 0 spiro atoms. The molecule has 0 radical (unpaired) electrons. The summed E-state index contributed by atoms with van der Waals surface area (Å²) in [6.45, 7) is 17.3. The maximum atomic E-state index is 14.0. The fourth-order valence-corrected chi connectivity index (χ4v) is 5.95. The Morgan fingerprint density at radius 3 is 2.28 bits per heavy atom. The Bertz CT molecular complexity index is 1450. The third-order valence-electron chi connectivity index (χ3n) is 7.81. The molecule has 1 heterocycles. The number of Topliss-reactive ketones (excluding diaryl/α,β-unsaturated/α-hetero) is 1. The summed E-state index contributed by atoms with van der Waals surface area (Å²) in [5.41, 5.74) is 9.95. The Morgan fingerprint density at radius 1 is 1.12 bits per heavy atom. The number of allylic oxidation sites excluding steroid dienone is 2. The molecule has 4 atom stereocenters. The van der Waals surface area contributed by atoms with Crippen LogP contribution in [0.3, 0.4) is 0 Å². The molecule has 0 aliphatic rings. The first-order valence-corrected chi connectivity index (χ1v) is 18.3. The van der Waals surface area contributed by atoms with Gasteiger partial charge in [-0.05, 0) is 98.6 Å². The van der Waals surface area contributed by atoms with E-state index in [0.717, 1.165) is 27.9 Å². The van der Waals surface area contributed by atoms with Crippen LogP contribution in [0.2, 0.25) is 0 Å². The quantitative estimate of drug-likeness (QED) is 0.0209. The lowest BCUT2D eigenvalue weighted by Crippen LogP contribution is -2.42. The number of hydrogen-bond donors (Lipinski definition) is 0. The highest BCUT2D eigenvalue weighted by molar-refractivity contribution is 7.09. The van der Waals surface area contributed by atoms with Gasteiger partial charge in [-0.15, -0.1) is 11.3 Å². The molecule has 0 amide bonds. The molecule has 0 saturated heterocycles. The lowest BCUT2D eigenvalue weighted by Gasteiger charge is -2.34. The minimum Gasteiger partial charge on any atom is -0.500 e. The van der Waals surface area contributed by atoms with E-state index >= 15 is 0 Å². The molecule has 0 bridgehead atoms. The SMILES string of the molecule is CO/C(=C\C(=O)OC(C)(C)C)C(C)(C)C(=O)[C@H](C)[C@@H](OC(=O)OCC(Cl)(Cl)Cl)[C@@H](C)CCC/C(C)=C\C[C@H](N=[N+]=[N-])/C(C)=C/c1csc(C)n1. The van der Waals surface area contributed by atoms with Gasteiger partial charge >= 0.3 is 12.1 Å². The molecule has 1 rings (SSSR count). The molecule has 0 aliphatic heterocycles. The number of carbonyl (C=O) groups is 3. The summed E-state index contributed by atoms with van der Waals surface area (Å²) < 4.78 is 19.8. The van der Waals surface area contributed by atoms with Crippen molar-refractivity contribution in [3.8, 4) is 0 Å². The van der Waals surface area contributed by atoms with Crippen molar-refractivity contribution in [2.45, 2.75) is 116 Å². The molecule has 0 saturated carbocycles. The molecule has 280 valence electrons. The van der Waals surface area contributed by atoms with Gasteiger partial charge in [-0.25, -0.2) is 14.6 Å². The molecule has 0 unspecified atom stereocenters. The lowest BCUT2D eigenvalue weighted by atomic mass is 9.75. The van der Waals surface area contributed by atoms with Crippen molar-refractivity contribution in [3.63, 3.8) is 0 Å². The number of hydrogen-bond acceptors (Lipinski definition) is 10. The average Bonchev–Trinajstić information content (AvgIpc) is 3.41. The molecule has 0 aliphatic carbocycles. The monoisotopic (exact) mass is 776 g/mol. The number of carbonyl (C=O) groups excluding carboxylic acids is 3. The molecule has 1 aromatic heterocycles. The van der Waals surface area contributed by atoms with Gasteiger partial charge in [0.25, 0.3) is 0 Å². The Morgan fingerprint density at radius 2 is 1.76 bits per heavy atom. The van der Waals surface area contributed by atoms with E-state index < -0.39 is 45.6 Å². The molecule has 11 nitrogen and oxygen atoms in total. The molecule has 0 aromatic carbocycles. The number of aryl methyl sites for hydroxylation is 1. The van der Waals surface area contributed by atoms with E-state index in [1.807, 2.05) is 45.2 Å². The van der Waals surface area contributed by atoms with Gasteiger partial charge in [0.05, 0.1) is 41.3 Å². The third-order valence-corrected chi connectivity index (χ3v) is 8.93. The number of ketones is 1. The molecular formula is C35H51Cl3N4O7S. The van der Waals surface area contributed by atoms with Gasteiger partial charge in [0.2, 0.25) is 3.79 Å². The predicted octanol–water partition coefficient (Wildman–Crippen LogP) is 10.7. The first-order chi connectivity index (χ1) is 23.0. The van der Waals surface area contributed by atoms with Gasteiger partial charge in [-0.1, -0.05) is 71.0 Å². The minimum atomic E-state index is -1.85. The van der Waals surface area contributed by atoms with Crippen LogP contribution in [0.5, 0.6) is 0 Å². The molecule has 1 aromatic rings. The van der Waals surface area contributed by atoms with E-state index in [4.69, 9.17) is 59.3 Å². The zero-order valence-electron chi connectivity index (χ0n) is 30.8. The highest BCUT2D eigenvalue weighted by Crippen LogP contribution is 2.36. The summed E-state index contributed by atoms with van der Waals surface area (Å²) in [6, 6.07) is -0.357. The summed E-state index contributed by atoms with van der Waals surface area (Å²) in [5.74, 6) is -2.05. The Hall–Kier alpha value is -2.76. The average molecular weight is 778 g/mol. The minimum absolute atomic E-state index is 0.0976. The van der Waals surface area contributed by atoms with Crippen LogP contribution in [-0.2, 0) is 28.5 Å². The number of halogens is 3. The summed E-state index contributed by atoms with van der Waals surface area (Å²) in [4.78, 5) is 46.8. The molecule has 0 fully saturated rings. The first-order valence-electron chi connectivity index (χ1n) is 16.2. The van der Waals surface area contributed by atoms with E-state index in [9.17, 15) is 14.4 Å². The van der Waals surface area contributed by atoms with Gasteiger partial charge in [0.1, 0.15) is 24.1 Å². The number of rotatable bonds is 18. The van der Waals surface area contributed by atoms with E-state index in [1.54, 1.807) is 52.9 Å². The normalized spacial score (nSPS) is 15.7. The van der Waals surface area contributed by atoms with Gasteiger partial charge in [0, 0.05) is 10.3 Å². The van der Waals surface area contributed by atoms with Crippen molar-refractivity contribution in [1.82, 2.24) is 4.98 Å². The van der Waals surface area contributed by atoms with Gasteiger partial charge < -0.3 is 18.9 Å². The maximum Gasteiger partial charge on any atom is 0.508 e. The summed E-state index contributed by atoms with van der Waals surface area (Å²) >= 11 is 18.8. The largest absolute Gasteiger partial charge is 0.508 e. The standard InChI is InChI=1S/C35H51Cl3N4O7S/c1-21(15-16-27(41-42-39)23(3)17-26-19-50-25(5)40-26)13-12-14-22(2)30(48-32(45)47-20-35(36,37)38)24(4)31(44)34(9,10)28(46-11)18-29(43)49-33(6,7)8/h15,17-19,22,24,27,30H,12-14,16,20H2,1-11H3/b21-15-,23-17+,28-18-/t22-,24+,27-,30-/m0/s1. The van der Waals surface area contributed by atoms with E-state index in [1.165, 1.54) is 7.11 Å². The van der Waals surface area contributed by atoms with Crippen LogP contribution in [0.15, 0.2) is 39.6 Å². The number of aromatic nitrogens is 1. The molecule has 15 heteroatoms. The van der Waals surface area contributed by atoms with Gasteiger partial charge in [-0.3, -0.25) is 4.79 Å². The number of methoxy groups -OCH3 is 1. The van der Waals surface area contributed by atoms with Crippen molar-refractivity contribution < 1.29 is 33.3 Å². The van der Waals surface area contributed by atoms with Crippen LogP contribution < -0.4 is 0 Å². The Labute approximate surface area is 315 Å². The summed E-state index contributed by atoms with van der Waals surface area (Å²) in [5, 5.41) is 6.90. The zero-order valence-corrected chi connectivity index (χ0v) is 33.9. The highest BCUT2D eigenvalue weighted by Gasteiger charge is 2.43. The zero-order chi connectivity index (χ0) is 38.4. The van der Waals surface area contributed by atoms with Crippen molar-refractivity contribution >= 4 is 70.1 Å². The van der Waals surface area contributed by atoms with Crippen molar-refractivity contribution in [2.24, 2.45) is 22.4 Å². The van der Waals surface area contributed by atoms with Crippen LogP contribution in [-0.4, -0.2) is 58.1 Å². The second-order valence-corrected chi connectivity index (χ2v) is 17.4. The van der Waals surface area contributed by atoms with Crippen molar-refractivity contribution in [2.75, 3.05) is 13.7 Å². The topological polar surface area (TPSA) is 150 Å². The van der Waals surface area contributed by atoms with Crippen LogP contribution in [0.25, 0.3) is 16.5 Å². The molecule has 50 heavy (non-hydrogen) atoms. The number of nitrogens with zero attached hydrogens (tertiary/aromatic N) is 4. The van der Waals surface area contributed by atoms with Crippen molar-refractivity contribution in [3.05, 3.63) is 55.6 Å². The predicted molar refractivity (Wildman–Crippen MR) is 200 cm³/mol. The molecule has 0 N–H and O–H groups in total. The fourth-order valence-electron chi connectivity index (χ4n) is 5.21. The lowest BCUT2D eigenvalue weighted by molar-refractivity contribution is -0.148. The third kappa shape index (κ3) is 16.5. The second kappa shape index (κ2) is 20.3. The highest BCUT2D eigenvalue weighted by atomic mass is 35.6. The number of alkyl halides is 3. The van der Waals surface area contributed by atoms with E-state index in [-0.39, 0.29) is 23.5 Å².